The van der Waals surface area contributed by atoms with E-state index in [2.05, 4.69) is 13.8 Å². The third-order valence-corrected chi connectivity index (χ3v) is 5.85. The van der Waals surface area contributed by atoms with Crippen molar-refractivity contribution in [1.29, 1.82) is 0 Å². The molecule has 2 aliphatic rings. The minimum atomic E-state index is -0.121. The highest BCUT2D eigenvalue weighted by atomic mass is 16.5. The second-order valence-electron chi connectivity index (χ2n) is 8.42. The van der Waals surface area contributed by atoms with Crippen molar-refractivity contribution in [3.63, 3.8) is 0 Å². The lowest BCUT2D eigenvalue weighted by atomic mass is 9.79. The fourth-order valence-electron chi connectivity index (χ4n) is 3.98. The van der Waals surface area contributed by atoms with Crippen molar-refractivity contribution in [2.75, 3.05) is 32.8 Å². The first kappa shape index (κ1) is 19.7. The monoisotopic (exact) mass is 373 g/mol. The van der Waals surface area contributed by atoms with Gasteiger partial charge in [-0.3, -0.25) is 9.59 Å². The van der Waals surface area contributed by atoms with Gasteiger partial charge in [0.05, 0.1) is 5.92 Å². The summed E-state index contributed by atoms with van der Waals surface area (Å²) in [5.74, 6) is 0.667. The van der Waals surface area contributed by atoms with Crippen molar-refractivity contribution in [3.05, 3.63) is 30.3 Å². The van der Waals surface area contributed by atoms with E-state index >= 15 is 0 Å². The van der Waals surface area contributed by atoms with Gasteiger partial charge in [0, 0.05) is 32.2 Å². The van der Waals surface area contributed by atoms with Crippen LogP contribution in [0.2, 0.25) is 0 Å². The first-order chi connectivity index (χ1) is 12.9. The van der Waals surface area contributed by atoms with Crippen LogP contribution in [0.25, 0.3) is 0 Å². The van der Waals surface area contributed by atoms with E-state index in [-0.39, 0.29) is 35.8 Å². The molecule has 2 unspecified atom stereocenters. The number of nitrogens with two attached hydrogens (primary N) is 1. The number of carbonyl (C=O) groups excluding carboxylic acids is 2. The van der Waals surface area contributed by atoms with Gasteiger partial charge in [0.1, 0.15) is 5.75 Å². The van der Waals surface area contributed by atoms with Crippen molar-refractivity contribution in [3.8, 4) is 5.75 Å². The Labute approximate surface area is 161 Å². The smallest absolute Gasteiger partial charge is 0.260 e. The molecule has 6 heteroatoms. The molecular weight excluding hydrogens is 342 g/mol. The average Bonchev–Trinajstić information content (AvgIpc) is 2.68. The third kappa shape index (κ3) is 4.80. The standard InChI is InChI=1S/C21H31N3O3/c1-21(2)15-24(12-10-18(21)22)20(26)16-7-6-11-23(13-16)19(25)14-27-17-8-4-3-5-9-17/h3-5,8-9,16,18H,6-7,10-15,22H2,1-2H3. The Hall–Kier alpha value is -2.08. The molecule has 0 saturated carbocycles. The van der Waals surface area contributed by atoms with Crippen LogP contribution in [0.1, 0.15) is 33.1 Å². The van der Waals surface area contributed by atoms with Crippen LogP contribution in [0.3, 0.4) is 0 Å². The molecule has 2 atom stereocenters. The van der Waals surface area contributed by atoms with E-state index in [0.717, 1.165) is 19.3 Å². The van der Waals surface area contributed by atoms with Gasteiger partial charge >= 0.3 is 0 Å². The van der Waals surface area contributed by atoms with E-state index in [1.165, 1.54) is 0 Å². The lowest BCUT2D eigenvalue weighted by Crippen LogP contribution is -2.56. The summed E-state index contributed by atoms with van der Waals surface area (Å²) < 4.78 is 5.57. The highest BCUT2D eigenvalue weighted by Gasteiger charge is 2.38. The zero-order valence-electron chi connectivity index (χ0n) is 16.4. The van der Waals surface area contributed by atoms with Crippen LogP contribution < -0.4 is 10.5 Å². The number of carbonyl (C=O) groups is 2. The summed E-state index contributed by atoms with van der Waals surface area (Å²) in [6.45, 7) is 6.83. The molecule has 1 aromatic carbocycles. The molecule has 2 saturated heterocycles. The number of hydrogen-bond acceptors (Lipinski definition) is 4. The average molecular weight is 373 g/mol. The number of hydrogen-bond donors (Lipinski definition) is 1. The predicted molar refractivity (Wildman–Crippen MR) is 104 cm³/mol. The van der Waals surface area contributed by atoms with E-state index in [0.29, 0.717) is 31.9 Å². The summed E-state index contributed by atoms with van der Waals surface area (Å²) in [6.07, 6.45) is 2.52. The summed E-state index contributed by atoms with van der Waals surface area (Å²) in [5.41, 5.74) is 6.12. The maximum Gasteiger partial charge on any atom is 0.260 e. The summed E-state index contributed by atoms with van der Waals surface area (Å²) in [6, 6.07) is 9.45. The topological polar surface area (TPSA) is 75.9 Å². The Kier molecular flexibility index (Phi) is 6.05. The molecule has 0 spiro atoms. The van der Waals surface area contributed by atoms with Gasteiger partial charge in [-0.15, -0.1) is 0 Å². The van der Waals surface area contributed by atoms with Gasteiger partial charge in [0.25, 0.3) is 5.91 Å². The summed E-state index contributed by atoms with van der Waals surface area (Å²) in [4.78, 5) is 29.3. The fourth-order valence-corrected chi connectivity index (χ4v) is 3.98. The fraction of sp³-hybridized carbons (Fsp3) is 0.619. The quantitative estimate of drug-likeness (QED) is 0.874. The van der Waals surface area contributed by atoms with Crippen LogP contribution in [0.5, 0.6) is 5.75 Å². The lowest BCUT2D eigenvalue weighted by molar-refractivity contribution is -0.144. The van der Waals surface area contributed by atoms with Gasteiger partial charge in [-0.1, -0.05) is 32.0 Å². The summed E-state index contributed by atoms with van der Waals surface area (Å²) in [5, 5.41) is 0. The largest absolute Gasteiger partial charge is 0.484 e. The summed E-state index contributed by atoms with van der Waals surface area (Å²) >= 11 is 0. The Morgan fingerprint density at radius 1 is 1.15 bits per heavy atom. The number of para-hydroxylation sites is 1. The molecule has 2 amide bonds. The van der Waals surface area contributed by atoms with E-state index in [1.54, 1.807) is 4.90 Å². The van der Waals surface area contributed by atoms with Crippen LogP contribution in [0.4, 0.5) is 0 Å². The van der Waals surface area contributed by atoms with Gasteiger partial charge in [0.2, 0.25) is 5.91 Å². The molecule has 2 N–H and O–H groups in total. The van der Waals surface area contributed by atoms with Gasteiger partial charge in [-0.25, -0.2) is 0 Å². The zero-order chi connectivity index (χ0) is 19.4. The maximum absolute atomic E-state index is 13.0. The molecule has 148 valence electrons. The molecule has 1 aromatic rings. The van der Waals surface area contributed by atoms with Crippen LogP contribution in [0, 0.1) is 11.3 Å². The van der Waals surface area contributed by atoms with Crippen molar-refractivity contribution >= 4 is 11.8 Å². The highest BCUT2D eigenvalue weighted by Crippen LogP contribution is 2.30. The second kappa shape index (κ2) is 8.30. The molecule has 2 heterocycles. The Bertz CT molecular complexity index is 662. The molecule has 6 nitrogen and oxygen atoms in total. The SMILES string of the molecule is CC1(C)CN(C(=O)C2CCCN(C(=O)COc3ccccc3)C2)CCC1N. The minimum absolute atomic E-state index is 0.0104. The summed E-state index contributed by atoms with van der Waals surface area (Å²) in [7, 11) is 0. The Balaban J connectivity index is 1.54. The first-order valence-corrected chi connectivity index (χ1v) is 9.87. The molecular formula is C21H31N3O3. The Morgan fingerprint density at radius 3 is 2.59 bits per heavy atom. The first-order valence-electron chi connectivity index (χ1n) is 9.87. The molecule has 2 aliphatic heterocycles. The maximum atomic E-state index is 13.0. The number of likely N-dealkylation sites (tertiary alicyclic amines) is 2. The van der Waals surface area contributed by atoms with E-state index in [9.17, 15) is 9.59 Å². The predicted octanol–water partition coefficient (Wildman–Crippen LogP) is 1.89. The van der Waals surface area contributed by atoms with Crippen molar-refractivity contribution < 1.29 is 14.3 Å². The number of benzene rings is 1. The number of piperidine rings is 2. The van der Waals surface area contributed by atoms with Crippen LogP contribution in [-0.4, -0.2) is 60.4 Å². The molecule has 0 aliphatic carbocycles. The van der Waals surface area contributed by atoms with E-state index in [4.69, 9.17) is 10.5 Å². The normalized spacial score (nSPS) is 25.1. The minimum Gasteiger partial charge on any atom is -0.484 e. The lowest BCUT2D eigenvalue weighted by Gasteiger charge is -2.44. The molecule has 0 radical (unpaired) electrons. The molecule has 3 rings (SSSR count). The van der Waals surface area contributed by atoms with Crippen molar-refractivity contribution in [2.24, 2.45) is 17.1 Å². The second-order valence-corrected chi connectivity index (χ2v) is 8.42. The van der Waals surface area contributed by atoms with Gasteiger partial charge < -0.3 is 20.3 Å². The van der Waals surface area contributed by atoms with E-state index in [1.807, 2.05) is 35.2 Å². The van der Waals surface area contributed by atoms with Gasteiger partial charge in [0.15, 0.2) is 6.61 Å². The molecule has 0 aromatic heterocycles. The highest BCUT2D eigenvalue weighted by molar-refractivity contribution is 5.82. The van der Waals surface area contributed by atoms with Gasteiger partial charge in [-0.2, -0.15) is 0 Å². The van der Waals surface area contributed by atoms with Crippen LogP contribution >= 0.6 is 0 Å². The molecule has 0 bridgehead atoms. The number of rotatable bonds is 4. The van der Waals surface area contributed by atoms with Crippen LogP contribution in [-0.2, 0) is 9.59 Å². The zero-order valence-corrected chi connectivity index (χ0v) is 16.4. The number of ether oxygens (including phenoxy) is 1. The van der Waals surface area contributed by atoms with E-state index < -0.39 is 0 Å². The van der Waals surface area contributed by atoms with Crippen molar-refractivity contribution in [1.82, 2.24) is 9.80 Å². The van der Waals surface area contributed by atoms with Gasteiger partial charge in [-0.05, 0) is 36.8 Å². The molecule has 27 heavy (non-hydrogen) atoms. The third-order valence-electron chi connectivity index (χ3n) is 5.85. The number of amides is 2. The number of nitrogens with zero attached hydrogens (tertiary/aromatic N) is 2. The molecule has 2 fully saturated rings. The van der Waals surface area contributed by atoms with Crippen LogP contribution in [0.15, 0.2) is 30.3 Å². The van der Waals surface area contributed by atoms with Crippen molar-refractivity contribution in [2.45, 2.75) is 39.2 Å². The Morgan fingerprint density at radius 2 is 1.89 bits per heavy atom.